The highest BCUT2D eigenvalue weighted by molar-refractivity contribution is 9.10. The van der Waals surface area contributed by atoms with Crippen molar-refractivity contribution in [1.29, 1.82) is 0 Å². The standard InChI is InChI=1S/C17H16BrClFN3O2/c18-12-2-1-3-13(15(12)19)22-17(25)14-5-4-10(16(20)21-14)8-23-7-6-11(24)9-23/h1-5,11,24H,6-9H2,(H,22,25)/t11-/m1/s1. The number of aromatic nitrogens is 1. The van der Waals surface area contributed by atoms with Crippen molar-refractivity contribution in [2.24, 2.45) is 0 Å². The number of nitrogens with zero attached hydrogens (tertiary/aromatic N) is 2. The fraction of sp³-hybridized carbons (Fsp3) is 0.294. The highest BCUT2D eigenvalue weighted by atomic mass is 79.9. The second-order valence-corrected chi connectivity index (χ2v) is 7.11. The molecule has 1 aromatic carbocycles. The van der Waals surface area contributed by atoms with Gasteiger partial charge in [-0.25, -0.2) is 4.98 Å². The Balaban J connectivity index is 1.71. The lowest BCUT2D eigenvalue weighted by atomic mass is 10.2. The smallest absolute Gasteiger partial charge is 0.274 e. The molecule has 3 rings (SSSR count). The zero-order valence-electron chi connectivity index (χ0n) is 13.2. The average molecular weight is 429 g/mol. The fourth-order valence-electron chi connectivity index (χ4n) is 2.69. The van der Waals surface area contributed by atoms with E-state index >= 15 is 0 Å². The molecule has 1 atom stereocenters. The quantitative estimate of drug-likeness (QED) is 0.732. The molecule has 1 fully saturated rings. The Bertz CT molecular complexity index is 805. The van der Waals surface area contributed by atoms with Gasteiger partial charge in [0, 0.05) is 29.7 Å². The van der Waals surface area contributed by atoms with Gasteiger partial charge in [-0.2, -0.15) is 4.39 Å². The highest BCUT2D eigenvalue weighted by Crippen LogP contribution is 2.30. The van der Waals surface area contributed by atoms with Crippen molar-refractivity contribution < 1.29 is 14.3 Å². The summed E-state index contributed by atoms with van der Waals surface area (Å²) in [6, 6.07) is 8.15. The summed E-state index contributed by atoms with van der Waals surface area (Å²) in [5.41, 5.74) is 0.781. The fourth-order valence-corrected chi connectivity index (χ4v) is 3.23. The maximum absolute atomic E-state index is 14.2. The number of amides is 1. The van der Waals surface area contributed by atoms with Gasteiger partial charge < -0.3 is 10.4 Å². The summed E-state index contributed by atoms with van der Waals surface area (Å²) in [4.78, 5) is 18.0. The molecule has 0 bridgehead atoms. The average Bonchev–Trinajstić information content (AvgIpc) is 2.98. The lowest BCUT2D eigenvalue weighted by Gasteiger charge is -2.15. The molecule has 1 aromatic heterocycles. The summed E-state index contributed by atoms with van der Waals surface area (Å²) in [5.74, 6) is -1.23. The Morgan fingerprint density at radius 1 is 1.44 bits per heavy atom. The van der Waals surface area contributed by atoms with Crippen molar-refractivity contribution in [2.45, 2.75) is 19.1 Å². The number of carbonyl (C=O) groups excluding carboxylic acids is 1. The Hall–Kier alpha value is -1.54. The molecule has 2 heterocycles. The van der Waals surface area contributed by atoms with Crippen LogP contribution in [0.2, 0.25) is 5.02 Å². The van der Waals surface area contributed by atoms with Gasteiger partial charge in [0.2, 0.25) is 5.95 Å². The van der Waals surface area contributed by atoms with Crippen molar-refractivity contribution >= 4 is 39.1 Å². The van der Waals surface area contributed by atoms with E-state index in [2.05, 4.69) is 26.2 Å². The Labute approximate surface area is 157 Å². The van der Waals surface area contributed by atoms with Crippen LogP contribution in [-0.4, -0.2) is 40.1 Å². The minimum atomic E-state index is -0.686. The molecule has 1 amide bonds. The molecule has 25 heavy (non-hydrogen) atoms. The zero-order valence-corrected chi connectivity index (χ0v) is 15.5. The normalized spacial score (nSPS) is 17.7. The van der Waals surface area contributed by atoms with Gasteiger partial charge in [0.05, 0.1) is 16.8 Å². The lowest BCUT2D eigenvalue weighted by Crippen LogP contribution is -2.23. The third kappa shape index (κ3) is 4.36. The lowest BCUT2D eigenvalue weighted by molar-refractivity contribution is 0.102. The number of nitrogens with one attached hydrogen (secondary N) is 1. The van der Waals surface area contributed by atoms with Crippen molar-refractivity contribution in [2.75, 3.05) is 18.4 Å². The van der Waals surface area contributed by atoms with Crippen LogP contribution in [0.4, 0.5) is 10.1 Å². The number of rotatable bonds is 4. The van der Waals surface area contributed by atoms with E-state index in [1.807, 2.05) is 4.90 Å². The number of carbonyl (C=O) groups is 1. The Morgan fingerprint density at radius 3 is 2.92 bits per heavy atom. The van der Waals surface area contributed by atoms with Gasteiger partial charge in [-0.1, -0.05) is 23.7 Å². The van der Waals surface area contributed by atoms with E-state index in [-0.39, 0.29) is 11.8 Å². The summed E-state index contributed by atoms with van der Waals surface area (Å²) in [6.07, 6.45) is 0.319. The molecule has 1 aliphatic rings. The van der Waals surface area contributed by atoms with E-state index in [0.29, 0.717) is 46.8 Å². The molecule has 0 spiro atoms. The predicted octanol–water partition coefficient (Wildman–Crippen LogP) is 3.46. The molecular weight excluding hydrogens is 413 g/mol. The Kier molecular flexibility index (Phi) is 5.68. The van der Waals surface area contributed by atoms with Crippen LogP contribution in [0, 0.1) is 5.95 Å². The van der Waals surface area contributed by atoms with Crippen LogP contribution in [0.1, 0.15) is 22.5 Å². The first kappa shape index (κ1) is 18.3. The van der Waals surface area contributed by atoms with Crippen molar-refractivity contribution in [3.63, 3.8) is 0 Å². The van der Waals surface area contributed by atoms with Gasteiger partial charge in [-0.3, -0.25) is 9.69 Å². The minimum Gasteiger partial charge on any atom is -0.392 e. The second-order valence-electron chi connectivity index (χ2n) is 5.88. The van der Waals surface area contributed by atoms with Crippen molar-refractivity contribution in [3.8, 4) is 0 Å². The van der Waals surface area contributed by atoms with Gasteiger partial charge >= 0.3 is 0 Å². The number of anilines is 1. The summed E-state index contributed by atoms with van der Waals surface area (Å²) in [6.45, 7) is 1.59. The van der Waals surface area contributed by atoms with E-state index in [0.717, 1.165) is 0 Å². The van der Waals surface area contributed by atoms with Crippen molar-refractivity contribution in [3.05, 3.63) is 57.0 Å². The monoisotopic (exact) mass is 427 g/mol. The first-order chi connectivity index (χ1) is 11.9. The van der Waals surface area contributed by atoms with Crippen LogP contribution >= 0.6 is 27.5 Å². The van der Waals surface area contributed by atoms with Crippen LogP contribution in [-0.2, 0) is 6.54 Å². The minimum absolute atomic E-state index is 0.0289. The van der Waals surface area contributed by atoms with E-state index in [1.165, 1.54) is 6.07 Å². The number of halogens is 3. The summed E-state index contributed by atoms with van der Waals surface area (Å²) in [7, 11) is 0. The summed E-state index contributed by atoms with van der Waals surface area (Å²) < 4.78 is 14.9. The molecule has 0 unspecified atom stereocenters. The Morgan fingerprint density at radius 2 is 2.24 bits per heavy atom. The third-order valence-electron chi connectivity index (χ3n) is 4.00. The van der Waals surface area contributed by atoms with Gasteiger partial charge in [0.1, 0.15) is 5.69 Å². The molecule has 132 valence electrons. The molecule has 5 nitrogen and oxygen atoms in total. The van der Waals surface area contributed by atoms with E-state index in [1.54, 1.807) is 24.3 Å². The van der Waals surface area contributed by atoms with Crippen LogP contribution < -0.4 is 5.32 Å². The van der Waals surface area contributed by atoms with E-state index < -0.39 is 11.9 Å². The van der Waals surface area contributed by atoms with Gasteiger partial charge in [-0.15, -0.1) is 0 Å². The van der Waals surface area contributed by atoms with Crippen LogP contribution in [0.3, 0.4) is 0 Å². The molecule has 0 radical (unpaired) electrons. The first-order valence-electron chi connectivity index (χ1n) is 7.75. The van der Waals surface area contributed by atoms with Gasteiger partial charge in [-0.05, 0) is 40.5 Å². The maximum Gasteiger partial charge on any atom is 0.274 e. The van der Waals surface area contributed by atoms with Gasteiger partial charge in [0.25, 0.3) is 5.91 Å². The molecular formula is C17H16BrClFN3O2. The molecule has 8 heteroatoms. The number of aliphatic hydroxyl groups is 1. The number of pyridine rings is 1. The number of hydrogen-bond donors (Lipinski definition) is 2. The molecule has 0 aliphatic carbocycles. The molecule has 2 aromatic rings. The van der Waals surface area contributed by atoms with Crippen LogP contribution in [0.5, 0.6) is 0 Å². The summed E-state index contributed by atoms with van der Waals surface area (Å²) in [5, 5.41) is 12.5. The van der Waals surface area contributed by atoms with E-state index in [9.17, 15) is 14.3 Å². The van der Waals surface area contributed by atoms with Gasteiger partial charge in [0.15, 0.2) is 0 Å². The number of likely N-dealkylation sites (tertiary alicyclic amines) is 1. The molecule has 1 saturated heterocycles. The molecule has 0 saturated carbocycles. The number of aliphatic hydroxyl groups excluding tert-OH is 1. The van der Waals surface area contributed by atoms with Crippen molar-refractivity contribution in [1.82, 2.24) is 9.88 Å². The molecule has 1 aliphatic heterocycles. The van der Waals surface area contributed by atoms with E-state index in [4.69, 9.17) is 11.6 Å². The highest BCUT2D eigenvalue weighted by Gasteiger charge is 2.22. The maximum atomic E-state index is 14.2. The largest absolute Gasteiger partial charge is 0.392 e. The topological polar surface area (TPSA) is 65.5 Å². The number of hydrogen-bond acceptors (Lipinski definition) is 4. The number of benzene rings is 1. The zero-order chi connectivity index (χ0) is 18.0. The first-order valence-corrected chi connectivity index (χ1v) is 8.92. The third-order valence-corrected chi connectivity index (χ3v) is 5.30. The SMILES string of the molecule is O=C(Nc1cccc(Br)c1Cl)c1ccc(CN2CC[C@@H](O)C2)c(F)n1. The second kappa shape index (κ2) is 7.78. The molecule has 2 N–H and O–H groups in total. The number of β-amino-alcohol motifs (C(OH)–C–C–N with tert-alkyl or cyclic N) is 1. The summed E-state index contributed by atoms with van der Waals surface area (Å²) >= 11 is 9.38. The van der Waals surface area contributed by atoms with Crippen LogP contribution in [0.25, 0.3) is 0 Å². The predicted molar refractivity (Wildman–Crippen MR) is 97.2 cm³/mol. The van der Waals surface area contributed by atoms with Crippen LogP contribution in [0.15, 0.2) is 34.8 Å².